The van der Waals surface area contributed by atoms with Gasteiger partial charge in [0.05, 0.1) is 10.6 Å². The molecule has 6 rings (SSSR count). The lowest BCUT2D eigenvalue weighted by atomic mass is 9.84. The molecule has 0 unspecified atom stereocenters. The maximum atomic E-state index is 13.2. The maximum absolute atomic E-state index is 13.2. The van der Waals surface area contributed by atoms with E-state index < -0.39 is 6.09 Å². The number of para-hydroxylation sites is 1. The molecule has 0 atom stereocenters. The van der Waals surface area contributed by atoms with Gasteiger partial charge in [-0.25, -0.2) is 4.79 Å². The van der Waals surface area contributed by atoms with E-state index in [1.807, 2.05) is 78.9 Å². The van der Waals surface area contributed by atoms with E-state index in [1.165, 1.54) is 22.3 Å². The van der Waals surface area contributed by atoms with Crippen LogP contribution >= 0.6 is 12.6 Å². The molecular weight excluding hydrogens is 486 g/mol. The van der Waals surface area contributed by atoms with Crippen LogP contribution in [0, 0.1) is 0 Å². The van der Waals surface area contributed by atoms with Gasteiger partial charge in [0.15, 0.2) is 0 Å². The third-order valence-electron chi connectivity index (χ3n) is 7.21. The molecule has 1 aliphatic carbocycles. The SMILES string of the molecule is O=C(Nc1c([S])cccc1C(c1ccccc1)c1ccccc1)OCC1c2ccccc2-c2ccccc21. The molecule has 0 fully saturated rings. The predicted molar refractivity (Wildman–Crippen MR) is 155 cm³/mol. The number of benzene rings is 5. The highest BCUT2D eigenvalue weighted by Crippen LogP contribution is 2.44. The van der Waals surface area contributed by atoms with Crippen molar-refractivity contribution in [3.8, 4) is 11.1 Å². The topological polar surface area (TPSA) is 38.3 Å². The molecule has 1 radical (unpaired) electrons. The Kier molecular flexibility index (Phi) is 6.63. The summed E-state index contributed by atoms with van der Waals surface area (Å²) in [5.41, 5.74) is 8.54. The van der Waals surface area contributed by atoms with E-state index in [4.69, 9.17) is 17.4 Å². The lowest BCUT2D eigenvalue weighted by Gasteiger charge is -2.23. The van der Waals surface area contributed by atoms with E-state index in [-0.39, 0.29) is 18.4 Å². The number of fused-ring (bicyclic) bond motifs is 3. The average molecular weight is 513 g/mol. The van der Waals surface area contributed by atoms with Gasteiger partial charge in [-0.2, -0.15) is 0 Å². The highest BCUT2D eigenvalue weighted by atomic mass is 32.1. The van der Waals surface area contributed by atoms with Crippen molar-refractivity contribution in [2.75, 3.05) is 11.9 Å². The van der Waals surface area contributed by atoms with Gasteiger partial charge in [0.2, 0.25) is 0 Å². The number of amides is 1. The van der Waals surface area contributed by atoms with Crippen molar-refractivity contribution in [3.05, 3.63) is 155 Å². The smallest absolute Gasteiger partial charge is 0.411 e. The molecule has 0 saturated carbocycles. The summed E-state index contributed by atoms with van der Waals surface area (Å²) in [4.78, 5) is 13.8. The summed E-state index contributed by atoms with van der Waals surface area (Å²) in [5, 5.41) is 3.01. The molecule has 0 bridgehead atoms. The van der Waals surface area contributed by atoms with Crippen LogP contribution in [0.1, 0.15) is 39.7 Å². The fourth-order valence-electron chi connectivity index (χ4n) is 5.50. The normalized spacial score (nSPS) is 12.1. The first-order valence-corrected chi connectivity index (χ1v) is 13.1. The van der Waals surface area contributed by atoms with Crippen molar-refractivity contribution in [1.29, 1.82) is 0 Å². The van der Waals surface area contributed by atoms with Crippen LogP contribution in [0.5, 0.6) is 0 Å². The number of ether oxygens (including phenoxy) is 1. The van der Waals surface area contributed by atoms with Gasteiger partial charge >= 0.3 is 6.09 Å². The van der Waals surface area contributed by atoms with Gasteiger partial charge in [0.1, 0.15) is 6.61 Å². The van der Waals surface area contributed by atoms with Gasteiger partial charge in [0.25, 0.3) is 0 Å². The molecule has 0 spiro atoms. The largest absolute Gasteiger partial charge is 0.448 e. The number of hydrogen-bond donors (Lipinski definition) is 1. The minimum Gasteiger partial charge on any atom is -0.448 e. The highest BCUT2D eigenvalue weighted by Gasteiger charge is 2.29. The number of carbonyl (C=O) groups excluding carboxylic acids is 1. The summed E-state index contributed by atoms with van der Waals surface area (Å²) in [5.74, 6) is -0.100. The molecule has 5 aromatic carbocycles. The summed E-state index contributed by atoms with van der Waals surface area (Å²) >= 11 is 5.70. The van der Waals surface area contributed by atoms with Crippen molar-refractivity contribution in [3.63, 3.8) is 0 Å². The Morgan fingerprint density at radius 3 is 1.79 bits per heavy atom. The summed E-state index contributed by atoms with van der Waals surface area (Å²) in [6, 6.07) is 43.0. The summed E-state index contributed by atoms with van der Waals surface area (Å²) in [6.07, 6.45) is -0.509. The minimum atomic E-state index is -0.509. The van der Waals surface area contributed by atoms with Crippen LogP contribution in [-0.2, 0) is 4.74 Å². The summed E-state index contributed by atoms with van der Waals surface area (Å²) < 4.78 is 5.85. The van der Waals surface area contributed by atoms with Crippen LogP contribution in [0.4, 0.5) is 10.5 Å². The van der Waals surface area contributed by atoms with E-state index in [0.29, 0.717) is 10.6 Å². The van der Waals surface area contributed by atoms with Crippen molar-refractivity contribution >= 4 is 24.4 Å². The Balaban J connectivity index is 1.28. The molecule has 38 heavy (non-hydrogen) atoms. The molecule has 0 heterocycles. The lowest BCUT2D eigenvalue weighted by Crippen LogP contribution is -2.20. The third-order valence-corrected chi connectivity index (χ3v) is 7.55. The fraction of sp³-hybridized carbons (Fsp3) is 0.0882. The Morgan fingerprint density at radius 2 is 1.21 bits per heavy atom. The van der Waals surface area contributed by atoms with Crippen molar-refractivity contribution < 1.29 is 9.53 Å². The van der Waals surface area contributed by atoms with Gasteiger partial charge < -0.3 is 4.74 Å². The van der Waals surface area contributed by atoms with Crippen LogP contribution in [0.25, 0.3) is 11.1 Å². The number of nitrogens with one attached hydrogen (secondary N) is 1. The Morgan fingerprint density at radius 1 is 0.684 bits per heavy atom. The second-order valence-electron chi connectivity index (χ2n) is 9.43. The summed E-state index contributed by atoms with van der Waals surface area (Å²) in [7, 11) is 0. The number of carbonyl (C=O) groups is 1. The quantitative estimate of drug-likeness (QED) is 0.231. The Hall–Kier alpha value is -4.41. The standard InChI is InChI=1S/C34H26NO2S/c36-34(37-22-30-27-18-9-7-16-25(27)26-17-8-10-19-28(26)30)35-33-29(20-11-21-31(33)38)32(23-12-3-1-4-13-23)24-14-5-2-6-15-24/h1-21,30,32H,22H2,(H,35,36). The van der Waals surface area contributed by atoms with Crippen LogP contribution < -0.4 is 5.32 Å². The van der Waals surface area contributed by atoms with Crippen molar-refractivity contribution in [2.24, 2.45) is 0 Å². The lowest BCUT2D eigenvalue weighted by molar-refractivity contribution is 0.158. The molecule has 3 nitrogen and oxygen atoms in total. The third kappa shape index (κ3) is 4.55. The van der Waals surface area contributed by atoms with E-state index >= 15 is 0 Å². The minimum absolute atomic E-state index is 0.00671. The Bertz CT molecular complexity index is 1500. The number of rotatable bonds is 6. The van der Waals surface area contributed by atoms with Crippen LogP contribution in [0.2, 0.25) is 0 Å². The van der Waals surface area contributed by atoms with Crippen LogP contribution in [0.3, 0.4) is 0 Å². The van der Waals surface area contributed by atoms with Gasteiger partial charge in [-0.3, -0.25) is 5.32 Å². The first-order valence-electron chi connectivity index (χ1n) is 12.7. The summed E-state index contributed by atoms with van der Waals surface area (Å²) in [6.45, 7) is 0.246. The fourth-order valence-corrected chi connectivity index (χ4v) is 5.75. The van der Waals surface area contributed by atoms with Gasteiger partial charge in [-0.05, 0) is 45.0 Å². The highest BCUT2D eigenvalue weighted by molar-refractivity contribution is 7.80. The zero-order valence-corrected chi connectivity index (χ0v) is 21.5. The molecular formula is C34H26NO2S. The molecule has 4 heteroatoms. The van der Waals surface area contributed by atoms with Gasteiger partial charge in [0, 0.05) is 11.8 Å². The zero-order chi connectivity index (χ0) is 25.9. The molecule has 0 aromatic heterocycles. The monoisotopic (exact) mass is 512 g/mol. The predicted octanol–water partition coefficient (Wildman–Crippen LogP) is 8.78. The number of anilines is 1. The molecule has 185 valence electrons. The molecule has 0 aliphatic heterocycles. The molecule has 1 N–H and O–H groups in total. The second kappa shape index (κ2) is 10.5. The van der Waals surface area contributed by atoms with Gasteiger partial charge in [-0.1, -0.05) is 134 Å². The maximum Gasteiger partial charge on any atom is 0.411 e. The molecule has 0 saturated heterocycles. The molecule has 1 amide bonds. The van der Waals surface area contributed by atoms with Crippen molar-refractivity contribution in [2.45, 2.75) is 16.7 Å². The zero-order valence-electron chi connectivity index (χ0n) is 20.7. The van der Waals surface area contributed by atoms with E-state index in [0.717, 1.165) is 16.7 Å². The first-order chi connectivity index (χ1) is 18.7. The van der Waals surface area contributed by atoms with E-state index in [2.05, 4.69) is 53.8 Å². The Labute approximate surface area is 228 Å². The van der Waals surface area contributed by atoms with Crippen LogP contribution in [-0.4, -0.2) is 12.7 Å². The number of hydrogen-bond acceptors (Lipinski definition) is 2. The average Bonchev–Trinajstić information content (AvgIpc) is 3.28. The molecule has 1 aliphatic rings. The van der Waals surface area contributed by atoms with Gasteiger partial charge in [-0.15, -0.1) is 0 Å². The van der Waals surface area contributed by atoms with Crippen molar-refractivity contribution in [1.82, 2.24) is 0 Å². The van der Waals surface area contributed by atoms with E-state index in [1.54, 1.807) is 0 Å². The second-order valence-corrected chi connectivity index (χ2v) is 9.87. The van der Waals surface area contributed by atoms with E-state index in [9.17, 15) is 4.79 Å². The molecule has 5 aromatic rings. The first kappa shape index (κ1) is 24.0. The van der Waals surface area contributed by atoms with Crippen LogP contribution in [0.15, 0.2) is 132 Å².